The van der Waals surface area contributed by atoms with Gasteiger partial charge in [0.25, 0.3) is 0 Å². The summed E-state index contributed by atoms with van der Waals surface area (Å²) in [5.74, 6) is 0. The van der Waals surface area contributed by atoms with Gasteiger partial charge in [0.15, 0.2) is 0 Å². The molecule has 0 saturated heterocycles. The summed E-state index contributed by atoms with van der Waals surface area (Å²) in [5.41, 5.74) is 0. The van der Waals surface area contributed by atoms with Gasteiger partial charge in [-0.2, -0.15) is 0 Å². The molecule has 4 nitrogen and oxygen atoms in total. The minimum absolute atomic E-state index is 0. The topological polar surface area (TPSA) is 71.4 Å². The van der Waals surface area contributed by atoms with Gasteiger partial charge in [0.2, 0.25) is 10.1 Å². The van der Waals surface area contributed by atoms with E-state index in [1.807, 2.05) is 0 Å². The van der Waals surface area contributed by atoms with Crippen molar-refractivity contribution in [1.82, 2.24) is 0 Å². The van der Waals surface area contributed by atoms with Gasteiger partial charge in [-0.05, 0) is 0 Å². The standard InChI is InChI=1S/Li.Nb.H2OSi.H2O.2O/c;;1-2;;;/h;;2H2;1H2;;/q;+1;;;;/p-1. The van der Waals surface area contributed by atoms with Crippen LogP contribution in [-0.4, -0.2) is 32.6 Å². The second kappa shape index (κ2) is 15.8. The molecular formula is H3LiNbO4Si. The third-order valence-electron chi connectivity index (χ3n) is 0. The van der Waals surface area contributed by atoms with Crippen molar-refractivity contribution in [2.75, 3.05) is 0 Å². The maximum atomic E-state index is 8.71. The molecule has 0 rings (SSSR count). The fourth-order valence-electron chi connectivity index (χ4n) is 0. The van der Waals surface area contributed by atoms with Crippen LogP contribution >= 0.6 is 0 Å². The third-order valence-corrected chi connectivity index (χ3v) is 0. The van der Waals surface area contributed by atoms with Crippen molar-refractivity contribution in [2.24, 2.45) is 0 Å². The second-order valence-electron chi connectivity index (χ2n) is 0.238. The molecule has 0 aliphatic rings. The Labute approximate surface area is 62.2 Å². The summed E-state index contributed by atoms with van der Waals surface area (Å²) in [6, 6.07) is 0. The Morgan fingerprint density at radius 2 is 1.29 bits per heavy atom. The van der Waals surface area contributed by atoms with Crippen molar-refractivity contribution in [2.45, 2.75) is 0 Å². The van der Waals surface area contributed by atoms with Crippen LogP contribution in [0, 0.1) is 0 Å². The van der Waals surface area contributed by atoms with Crippen LogP contribution in [0.5, 0.6) is 0 Å². The van der Waals surface area contributed by atoms with E-state index in [0.717, 1.165) is 0 Å². The molecular weight excluding hydrogens is 192 g/mol. The summed E-state index contributed by atoms with van der Waals surface area (Å²) in [6.45, 7) is 0. The molecule has 0 spiro atoms. The summed E-state index contributed by atoms with van der Waals surface area (Å²) in [7, 11) is 0.611. The van der Waals surface area contributed by atoms with Crippen LogP contribution in [0.1, 0.15) is 0 Å². The zero-order valence-electron chi connectivity index (χ0n) is 3.83. The fraction of sp³-hybridized carbons (Fsp3) is 0. The molecule has 7 heteroatoms. The van der Waals surface area contributed by atoms with Crippen LogP contribution in [-0.2, 0) is 29.7 Å². The Kier molecular flexibility index (Phi) is 35.3. The molecule has 0 aliphatic heterocycles. The van der Waals surface area contributed by atoms with Gasteiger partial charge in [-0.3, -0.25) is 0 Å². The first-order chi connectivity index (χ1) is 2.73. The molecule has 1 radical (unpaired) electrons. The molecule has 0 aliphatic carbocycles. The average Bonchev–Trinajstić information content (AvgIpc) is 1.41. The van der Waals surface area contributed by atoms with Crippen LogP contribution in [0.25, 0.3) is 0 Å². The van der Waals surface area contributed by atoms with Crippen molar-refractivity contribution in [1.29, 1.82) is 0 Å². The Balaban J connectivity index is -0.0000000480. The zero-order valence-corrected chi connectivity index (χ0v) is 7.44. The molecule has 0 atom stereocenters. The predicted molar refractivity (Wildman–Crippen MR) is 18.6 cm³/mol. The van der Waals surface area contributed by atoms with E-state index in [0.29, 0.717) is 10.1 Å². The van der Waals surface area contributed by atoms with Crippen LogP contribution in [0.15, 0.2) is 0 Å². The van der Waals surface area contributed by atoms with E-state index in [4.69, 9.17) is 14.6 Å². The normalized spacial score (nSPS) is 4.14. The van der Waals surface area contributed by atoms with Gasteiger partial charge in [0, 0.05) is 18.9 Å². The van der Waals surface area contributed by atoms with Crippen LogP contribution < -0.4 is 0 Å². The summed E-state index contributed by atoms with van der Waals surface area (Å²) >= 11 is -3.95. The van der Waals surface area contributed by atoms with Gasteiger partial charge in [0.1, 0.15) is 0 Å². The van der Waals surface area contributed by atoms with Gasteiger partial charge in [-0.25, -0.2) is 0 Å². The molecule has 0 unspecified atom stereocenters. The number of rotatable bonds is 0. The molecule has 0 aromatic rings. The first-order valence-corrected chi connectivity index (χ1v) is 4.21. The van der Waals surface area contributed by atoms with E-state index in [2.05, 4.69) is 0 Å². The predicted octanol–water partition coefficient (Wildman–Crippen LogP) is -2.21. The maximum absolute atomic E-state index is 8.71. The van der Waals surface area contributed by atoms with Crippen LogP contribution in [0.3, 0.4) is 0 Å². The molecule has 0 aromatic carbocycles. The van der Waals surface area contributed by atoms with Gasteiger partial charge >= 0.3 is 28.9 Å². The second-order valence-corrected chi connectivity index (χ2v) is 1.41. The number of hydrogen-bond donors (Lipinski definition) is 1. The van der Waals surface area contributed by atoms with E-state index in [9.17, 15) is 0 Å². The molecule has 37 valence electrons. The zero-order chi connectivity index (χ0) is 5.58. The summed E-state index contributed by atoms with van der Waals surface area (Å²) < 4.78 is 32.8. The molecule has 0 fully saturated rings. The van der Waals surface area contributed by atoms with Crippen molar-refractivity contribution >= 4 is 29.0 Å². The Hall–Kier alpha value is 0.915. The first-order valence-electron chi connectivity index (χ1n) is 0.854. The SMILES string of the molecule is O=[SiH2].[Li].[O]=[Nb](=[O])[OH]. The van der Waals surface area contributed by atoms with Gasteiger partial charge in [-0.15, -0.1) is 0 Å². The Bertz CT molecular complexity index is 69.8. The Morgan fingerprint density at radius 1 is 1.29 bits per heavy atom. The molecule has 0 saturated carbocycles. The van der Waals surface area contributed by atoms with Crippen molar-refractivity contribution < 1.29 is 33.4 Å². The van der Waals surface area contributed by atoms with Crippen molar-refractivity contribution in [3.05, 3.63) is 0 Å². The molecule has 0 aromatic heterocycles. The van der Waals surface area contributed by atoms with Crippen LogP contribution in [0.4, 0.5) is 0 Å². The van der Waals surface area contributed by atoms with Crippen molar-refractivity contribution in [3.63, 3.8) is 0 Å². The monoisotopic (exact) mass is 195 g/mol. The van der Waals surface area contributed by atoms with E-state index >= 15 is 0 Å². The van der Waals surface area contributed by atoms with Crippen LogP contribution in [0.2, 0.25) is 0 Å². The quantitative estimate of drug-likeness (QED) is 0.444. The molecule has 0 bridgehead atoms. The average molecular weight is 195 g/mol. The van der Waals surface area contributed by atoms with Gasteiger partial charge in [0.05, 0.1) is 0 Å². The molecule has 1 N–H and O–H groups in total. The van der Waals surface area contributed by atoms with Gasteiger partial charge in [-0.1, -0.05) is 0 Å². The fourth-order valence-corrected chi connectivity index (χ4v) is 0. The van der Waals surface area contributed by atoms with E-state index in [1.54, 1.807) is 0 Å². The van der Waals surface area contributed by atoms with E-state index < -0.39 is 18.8 Å². The first kappa shape index (κ1) is 15.7. The molecule has 0 amide bonds. The summed E-state index contributed by atoms with van der Waals surface area (Å²) in [5, 5.41) is 0. The van der Waals surface area contributed by atoms with E-state index in [-0.39, 0.29) is 18.9 Å². The van der Waals surface area contributed by atoms with E-state index in [1.165, 1.54) is 0 Å². The summed E-state index contributed by atoms with van der Waals surface area (Å²) in [4.78, 5) is 0. The number of hydrogen-bond acceptors (Lipinski definition) is 3. The molecule has 0 heterocycles. The third kappa shape index (κ3) is 200. The minimum atomic E-state index is -3.95. The van der Waals surface area contributed by atoms with Crippen molar-refractivity contribution in [3.8, 4) is 0 Å². The van der Waals surface area contributed by atoms with Gasteiger partial charge < -0.3 is 4.46 Å². The molecule has 7 heavy (non-hydrogen) atoms. The summed E-state index contributed by atoms with van der Waals surface area (Å²) in [6.07, 6.45) is 0. The Morgan fingerprint density at radius 3 is 1.29 bits per heavy atom.